The van der Waals surface area contributed by atoms with Crippen molar-refractivity contribution in [3.05, 3.63) is 71.0 Å². The van der Waals surface area contributed by atoms with Gasteiger partial charge in [0.2, 0.25) is 0 Å². The lowest BCUT2D eigenvalue weighted by molar-refractivity contribution is -0.154. The number of esters is 1. The lowest BCUT2D eigenvalue weighted by Gasteiger charge is -2.27. The molecule has 0 aliphatic heterocycles. The van der Waals surface area contributed by atoms with Crippen LogP contribution in [0.1, 0.15) is 42.4 Å². The number of hydrogen-bond donors (Lipinski definition) is 1. The maximum absolute atomic E-state index is 13.6. The zero-order chi connectivity index (χ0) is 19.3. The van der Waals surface area contributed by atoms with Crippen LogP contribution in [0.2, 0.25) is 0 Å². The summed E-state index contributed by atoms with van der Waals surface area (Å²) in [5, 5.41) is 2.77. The molecule has 2 aromatic rings. The number of hydrogen-bond acceptors (Lipinski definition) is 3. The van der Waals surface area contributed by atoms with Crippen LogP contribution in [0.15, 0.2) is 48.5 Å². The Hall–Kier alpha value is -2.69. The minimum atomic E-state index is -0.849. The summed E-state index contributed by atoms with van der Waals surface area (Å²) in [5.41, 5.74) is 1.89. The third kappa shape index (κ3) is 4.35. The highest BCUT2D eigenvalue weighted by Crippen LogP contribution is 2.42. The Bertz CT molecular complexity index is 828. The van der Waals surface area contributed by atoms with Crippen molar-refractivity contribution in [3.63, 3.8) is 0 Å². The molecule has 1 N–H and O–H groups in total. The summed E-state index contributed by atoms with van der Waals surface area (Å²) in [5.74, 6) is -1.17. The zero-order valence-corrected chi connectivity index (χ0v) is 15.5. The Kier molecular flexibility index (Phi) is 5.89. The van der Waals surface area contributed by atoms with Gasteiger partial charge in [0.25, 0.3) is 5.91 Å². The van der Waals surface area contributed by atoms with Crippen molar-refractivity contribution in [1.29, 1.82) is 0 Å². The van der Waals surface area contributed by atoms with E-state index < -0.39 is 11.4 Å². The molecule has 0 radical (unpaired) electrons. The second kappa shape index (κ2) is 8.33. The number of benzene rings is 2. The SMILES string of the molecule is Cc1ccccc1CNC(=O)COC(=O)C1(c2cccc(F)c2)CCCC1. The Labute approximate surface area is 158 Å². The molecule has 0 bridgehead atoms. The molecule has 0 aromatic heterocycles. The monoisotopic (exact) mass is 369 g/mol. The van der Waals surface area contributed by atoms with Gasteiger partial charge in [0.05, 0.1) is 5.41 Å². The number of rotatable bonds is 6. The highest BCUT2D eigenvalue weighted by Gasteiger charge is 2.44. The second-order valence-electron chi connectivity index (χ2n) is 7.08. The molecule has 1 saturated carbocycles. The molecule has 0 unspecified atom stereocenters. The second-order valence-corrected chi connectivity index (χ2v) is 7.08. The molecule has 27 heavy (non-hydrogen) atoms. The maximum atomic E-state index is 13.6. The van der Waals surface area contributed by atoms with Crippen LogP contribution in [0.3, 0.4) is 0 Å². The van der Waals surface area contributed by atoms with E-state index in [1.165, 1.54) is 12.1 Å². The van der Waals surface area contributed by atoms with Gasteiger partial charge >= 0.3 is 5.97 Å². The molecule has 2 aromatic carbocycles. The summed E-state index contributed by atoms with van der Waals surface area (Å²) < 4.78 is 19.0. The predicted molar refractivity (Wildman–Crippen MR) is 101 cm³/mol. The molecular formula is C22H24FNO3. The van der Waals surface area contributed by atoms with E-state index in [0.29, 0.717) is 24.9 Å². The largest absolute Gasteiger partial charge is 0.455 e. The van der Waals surface area contributed by atoms with Gasteiger partial charge in [-0.05, 0) is 48.6 Å². The summed E-state index contributed by atoms with van der Waals surface area (Å²) in [6, 6.07) is 13.9. The van der Waals surface area contributed by atoms with E-state index in [0.717, 1.165) is 24.0 Å². The van der Waals surface area contributed by atoms with Crippen molar-refractivity contribution >= 4 is 11.9 Å². The van der Waals surface area contributed by atoms with Crippen LogP contribution in [0, 0.1) is 12.7 Å². The molecule has 1 aliphatic carbocycles. The molecule has 142 valence electrons. The van der Waals surface area contributed by atoms with Gasteiger partial charge in [-0.15, -0.1) is 0 Å². The van der Waals surface area contributed by atoms with Crippen LogP contribution in [-0.4, -0.2) is 18.5 Å². The van der Waals surface area contributed by atoms with E-state index in [4.69, 9.17) is 4.74 Å². The number of carbonyl (C=O) groups is 2. The minimum absolute atomic E-state index is 0.332. The van der Waals surface area contributed by atoms with Crippen LogP contribution in [-0.2, 0) is 26.3 Å². The van der Waals surface area contributed by atoms with Crippen molar-refractivity contribution in [3.8, 4) is 0 Å². The van der Waals surface area contributed by atoms with Crippen molar-refractivity contribution in [2.45, 2.75) is 44.6 Å². The highest BCUT2D eigenvalue weighted by molar-refractivity contribution is 5.86. The fourth-order valence-electron chi connectivity index (χ4n) is 3.70. The lowest BCUT2D eigenvalue weighted by Crippen LogP contribution is -2.37. The first-order valence-electron chi connectivity index (χ1n) is 9.26. The maximum Gasteiger partial charge on any atom is 0.317 e. The molecule has 0 atom stereocenters. The summed E-state index contributed by atoms with van der Waals surface area (Å²) in [6.45, 7) is 2.03. The van der Waals surface area contributed by atoms with Gasteiger partial charge in [-0.25, -0.2) is 4.39 Å². The third-order valence-electron chi connectivity index (χ3n) is 5.30. The van der Waals surface area contributed by atoms with Gasteiger partial charge in [0, 0.05) is 6.54 Å². The molecule has 1 amide bonds. The number of nitrogens with one attached hydrogen (secondary N) is 1. The number of carbonyl (C=O) groups excluding carboxylic acids is 2. The van der Waals surface area contributed by atoms with E-state index >= 15 is 0 Å². The minimum Gasteiger partial charge on any atom is -0.455 e. The molecule has 4 nitrogen and oxygen atoms in total. The van der Waals surface area contributed by atoms with Crippen LogP contribution < -0.4 is 5.32 Å². The number of halogens is 1. The Morgan fingerprint density at radius 2 is 1.85 bits per heavy atom. The van der Waals surface area contributed by atoms with Crippen molar-refractivity contribution < 1.29 is 18.7 Å². The molecule has 0 heterocycles. The molecule has 5 heteroatoms. The first kappa shape index (κ1) is 19.1. The van der Waals surface area contributed by atoms with Crippen molar-refractivity contribution in [2.24, 2.45) is 0 Å². The lowest BCUT2D eigenvalue weighted by atomic mass is 9.79. The zero-order valence-electron chi connectivity index (χ0n) is 15.5. The van der Waals surface area contributed by atoms with Crippen molar-refractivity contribution in [1.82, 2.24) is 5.32 Å². The summed E-state index contributed by atoms with van der Waals surface area (Å²) in [4.78, 5) is 24.9. The van der Waals surface area contributed by atoms with E-state index in [1.54, 1.807) is 12.1 Å². The molecule has 0 spiro atoms. The standard InChI is InChI=1S/C22H24FNO3/c1-16-7-2-3-8-17(16)14-24-20(25)15-27-21(26)22(11-4-5-12-22)18-9-6-10-19(23)13-18/h2-3,6-10,13H,4-5,11-12,14-15H2,1H3,(H,24,25). The molecule has 3 rings (SSSR count). The quantitative estimate of drug-likeness (QED) is 0.788. The summed E-state index contributed by atoms with van der Waals surface area (Å²) in [7, 11) is 0. The Morgan fingerprint density at radius 3 is 2.56 bits per heavy atom. The smallest absolute Gasteiger partial charge is 0.317 e. The molecule has 0 saturated heterocycles. The van der Waals surface area contributed by atoms with Gasteiger partial charge in [-0.1, -0.05) is 49.2 Å². The predicted octanol–water partition coefficient (Wildman–Crippen LogP) is 3.81. The molecule has 1 aliphatic rings. The summed E-state index contributed by atoms with van der Waals surface area (Å²) in [6.07, 6.45) is 2.98. The van der Waals surface area contributed by atoms with Crippen LogP contribution in [0.5, 0.6) is 0 Å². The van der Waals surface area contributed by atoms with Crippen LogP contribution in [0.4, 0.5) is 4.39 Å². The van der Waals surface area contributed by atoms with Gasteiger partial charge in [-0.2, -0.15) is 0 Å². The molecule has 1 fully saturated rings. The molecular weight excluding hydrogens is 345 g/mol. The highest BCUT2D eigenvalue weighted by atomic mass is 19.1. The van der Waals surface area contributed by atoms with Crippen LogP contribution in [0.25, 0.3) is 0 Å². The van der Waals surface area contributed by atoms with E-state index in [-0.39, 0.29) is 18.3 Å². The van der Waals surface area contributed by atoms with Gasteiger partial charge in [0.1, 0.15) is 5.82 Å². The third-order valence-corrected chi connectivity index (χ3v) is 5.30. The van der Waals surface area contributed by atoms with Gasteiger partial charge in [0.15, 0.2) is 6.61 Å². The van der Waals surface area contributed by atoms with Crippen LogP contribution >= 0.6 is 0 Å². The van der Waals surface area contributed by atoms with Gasteiger partial charge < -0.3 is 10.1 Å². The Morgan fingerprint density at radius 1 is 1.11 bits per heavy atom. The number of aryl methyl sites for hydroxylation is 1. The fraction of sp³-hybridized carbons (Fsp3) is 0.364. The topological polar surface area (TPSA) is 55.4 Å². The van der Waals surface area contributed by atoms with E-state index in [9.17, 15) is 14.0 Å². The Balaban J connectivity index is 1.60. The average molecular weight is 369 g/mol. The number of ether oxygens (including phenoxy) is 1. The average Bonchev–Trinajstić information content (AvgIpc) is 3.17. The normalized spacial score (nSPS) is 15.3. The van der Waals surface area contributed by atoms with E-state index in [1.807, 2.05) is 31.2 Å². The summed E-state index contributed by atoms with van der Waals surface area (Å²) >= 11 is 0. The first-order valence-corrected chi connectivity index (χ1v) is 9.26. The first-order chi connectivity index (χ1) is 13.0. The van der Waals surface area contributed by atoms with Crippen molar-refractivity contribution in [2.75, 3.05) is 6.61 Å². The fourth-order valence-corrected chi connectivity index (χ4v) is 3.70. The number of amides is 1. The van der Waals surface area contributed by atoms with E-state index in [2.05, 4.69) is 5.32 Å². The van der Waals surface area contributed by atoms with Gasteiger partial charge in [-0.3, -0.25) is 9.59 Å².